The highest BCUT2D eigenvalue weighted by Gasteiger charge is 2.10. The number of hydrogen-bond donors (Lipinski definition) is 2. The summed E-state index contributed by atoms with van der Waals surface area (Å²) in [4.78, 5) is 4.34. The summed E-state index contributed by atoms with van der Waals surface area (Å²) >= 11 is 1.38. The van der Waals surface area contributed by atoms with Crippen molar-refractivity contribution in [2.75, 3.05) is 32.1 Å². The highest BCUT2D eigenvalue weighted by atomic mass is 32.1. The van der Waals surface area contributed by atoms with Crippen LogP contribution in [0, 0.1) is 0 Å². The summed E-state index contributed by atoms with van der Waals surface area (Å²) < 4.78 is 9.37. The van der Waals surface area contributed by atoms with Gasteiger partial charge in [-0.25, -0.2) is 4.98 Å². The summed E-state index contributed by atoms with van der Waals surface area (Å²) in [6.45, 7) is 6.97. The van der Waals surface area contributed by atoms with Crippen LogP contribution in [0.5, 0.6) is 0 Å². The van der Waals surface area contributed by atoms with Crippen molar-refractivity contribution >= 4 is 16.7 Å². The third kappa shape index (κ3) is 4.42. The van der Waals surface area contributed by atoms with Crippen LogP contribution in [0.25, 0.3) is 0 Å². The van der Waals surface area contributed by atoms with Gasteiger partial charge in [0.1, 0.15) is 6.10 Å². The second-order valence-corrected chi connectivity index (χ2v) is 4.26. The van der Waals surface area contributed by atoms with Crippen LogP contribution in [0.1, 0.15) is 32.2 Å². The Bertz CT molecular complexity index is 292. The standard InChI is InChI=1S/C10H20N4OS/c1-4-5-11-6-7-12-10-13-9(14-16-10)8(2)15-3/h8,11H,4-7H2,1-3H3,(H,12,13,14). The van der Waals surface area contributed by atoms with Crippen molar-refractivity contribution in [3.63, 3.8) is 0 Å². The van der Waals surface area contributed by atoms with Crippen LogP contribution in [0.3, 0.4) is 0 Å². The first-order valence-corrected chi connectivity index (χ1v) is 6.36. The van der Waals surface area contributed by atoms with E-state index in [4.69, 9.17) is 4.74 Å². The van der Waals surface area contributed by atoms with Gasteiger partial charge in [-0.15, -0.1) is 0 Å². The topological polar surface area (TPSA) is 59.1 Å². The predicted octanol–water partition coefficient (Wildman–Crippen LogP) is 1.66. The van der Waals surface area contributed by atoms with E-state index in [0.29, 0.717) is 0 Å². The number of hydrogen-bond acceptors (Lipinski definition) is 6. The van der Waals surface area contributed by atoms with Gasteiger partial charge in [0.2, 0.25) is 5.13 Å². The molecule has 1 aromatic rings. The SMILES string of the molecule is CCCNCCNc1nc(C(C)OC)ns1. The molecule has 0 saturated carbocycles. The molecule has 0 aromatic carbocycles. The molecule has 16 heavy (non-hydrogen) atoms. The van der Waals surface area contributed by atoms with E-state index in [9.17, 15) is 0 Å². The van der Waals surface area contributed by atoms with Crippen LogP contribution in [0.4, 0.5) is 5.13 Å². The number of nitrogens with one attached hydrogen (secondary N) is 2. The molecule has 0 radical (unpaired) electrons. The van der Waals surface area contributed by atoms with E-state index in [1.807, 2.05) is 6.92 Å². The molecule has 5 nitrogen and oxygen atoms in total. The zero-order valence-electron chi connectivity index (χ0n) is 10.1. The lowest BCUT2D eigenvalue weighted by Gasteiger charge is -2.04. The summed E-state index contributed by atoms with van der Waals surface area (Å²) in [6.07, 6.45) is 1.12. The van der Waals surface area contributed by atoms with Gasteiger partial charge in [-0.3, -0.25) is 0 Å². The summed E-state index contributed by atoms with van der Waals surface area (Å²) in [5.41, 5.74) is 0. The van der Waals surface area contributed by atoms with Crippen LogP contribution in [0.15, 0.2) is 0 Å². The Hall–Kier alpha value is -0.720. The van der Waals surface area contributed by atoms with E-state index in [2.05, 4.69) is 26.9 Å². The van der Waals surface area contributed by atoms with Gasteiger partial charge in [-0.05, 0) is 19.9 Å². The summed E-state index contributed by atoms with van der Waals surface area (Å²) in [5, 5.41) is 7.40. The van der Waals surface area contributed by atoms with E-state index in [1.165, 1.54) is 11.5 Å². The molecule has 0 spiro atoms. The Morgan fingerprint density at radius 1 is 1.38 bits per heavy atom. The van der Waals surface area contributed by atoms with Crippen molar-refractivity contribution in [3.05, 3.63) is 5.82 Å². The van der Waals surface area contributed by atoms with Crippen molar-refractivity contribution in [3.8, 4) is 0 Å². The second kappa shape index (κ2) is 7.54. The van der Waals surface area contributed by atoms with Gasteiger partial charge in [-0.1, -0.05) is 6.92 Å². The summed E-state index contributed by atoms with van der Waals surface area (Å²) in [7, 11) is 1.66. The Labute approximate surface area is 101 Å². The van der Waals surface area contributed by atoms with E-state index >= 15 is 0 Å². The van der Waals surface area contributed by atoms with E-state index < -0.39 is 0 Å². The molecule has 6 heteroatoms. The van der Waals surface area contributed by atoms with Crippen LogP contribution in [-0.2, 0) is 4.74 Å². The smallest absolute Gasteiger partial charge is 0.202 e. The quantitative estimate of drug-likeness (QED) is 0.681. The molecule has 92 valence electrons. The molecule has 0 aliphatic carbocycles. The Balaban J connectivity index is 2.24. The zero-order chi connectivity index (χ0) is 11.8. The first kappa shape index (κ1) is 13.3. The number of nitrogens with zero attached hydrogens (tertiary/aromatic N) is 2. The van der Waals surface area contributed by atoms with Crippen LogP contribution in [0.2, 0.25) is 0 Å². The van der Waals surface area contributed by atoms with Crippen molar-refractivity contribution in [1.82, 2.24) is 14.7 Å². The van der Waals surface area contributed by atoms with Gasteiger partial charge in [0.05, 0.1) is 0 Å². The Morgan fingerprint density at radius 2 is 2.19 bits per heavy atom. The fraction of sp³-hybridized carbons (Fsp3) is 0.800. The van der Waals surface area contributed by atoms with Crippen molar-refractivity contribution in [2.45, 2.75) is 26.4 Å². The minimum absolute atomic E-state index is 0.0370. The predicted molar refractivity (Wildman–Crippen MR) is 67.0 cm³/mol. The minimum atomic E-state index is -0.0370. The number of rotatable bonds is 8. The van der Waals surface area contributed by atoms with Crippen molar-refractivity contribution < 1.29 is 4.74 Å². The lowest BCUT2D eigenvalue weighted by atomic mass is 10.4. The molecule has 0 aliphatic heterocycles. The summed E-state index contributed by atoms with van der Waals surface area (Å²) in [6, 6.07) is 0. The van der Waals surface area contributed by atoms with E-state index in [-0.39, 0.29) is 6.10 Å². The minimum Gasteiger partial charge on any atom is -0.374 e. The maximum Gasteiger partial charge on any atom is 0.202 e. The van der Waals surface area contributed by atoms with Gasteiger partial charge < -0.3 is 15.4 Å². The first-order valence-electron chi connectivity index (χ1n) is 5.59. The monoisotopic (exact) mass is 244 g/mol. The molecule has 0 bridgehead atoms. The first-order chi connectivity index (χ1) is 7.77. The Kier molecular flexibility index (Phi) is 6.29. The number of ether oxygens (including phenoxy) is 1. The van der Waals surface area contributed by atoms with Crippen molar-refractivity contribution in [2.24, 2.45) is 0 Å². The molecule has 1 rings (SSSR count). The lowest BCUT2D eigenvalue weighted by Crippen LogP contribution is -2.22. The van der Waals surface area contributed by atoms with Gasteiger partial charge in [0.25, 0.3) is 0 Å². The zero-order valence-corrected chi connectivity index (χ0v) is 10.9. The molecule has 1 heterocycles. The normalized spacial score (nSPS) is 12.7. The van der Waals surface area contributed by atoms with Crippen molar-refractivity contribution in [1.29, 1.82) is 0 Å². The Morgan fingerprint density at radius 3 is 2.88 bits per heavy atom. The largest absolute Gasteiger partial charge is 0.374 e. The third-order valence-electron chi connectivity index (χ3n) is 2.16. The molecule has 0 amide bonds. The number of aromatic nitrogens is 2. The van der Waals surface area contributed by atoms with Gasteiger partial charge in [0.15, 0.2) is 5.82 Å². The maximum atomic E-state index is 5.15. The highest BCUT2D eigenvalue weighted by molar-refractivity contribution is 7.09. The third-order valence-corrected chi connectivity index (χ3v) is 2.85. The average Bonchev–Trinajstić information content (AvgIpc) is 2.76. The fourth-order valence-electron chi connectivity index (χ4n) is 1.14. The number of methoxy groups -OCH3 is 1. The molecule has 2 N–H and O–H groups in total. The molecule has 1 unspecified atom stereocenters. The molecule has 1 atom stereocenters. The molecule has 0 saturated heterocycles. The molecule has 0 aliphatic rings. The van der Waals surface area contributed by atoms with Gasteiger partial charge in [0, 0.05) is 31.7 Å². The average molecular weight is 244 g/mol. The molecular weight excluding hydrogens is 224 g/mol. The fourth-order valence-corrected chi connectivity index (χ4v) is 1.81. The summed E-state index contributed by atoms with van der Waals surface area (Å²) in [5.74, 6) is 0.747. The van der Waals surface area contributed by atoms with Gasteiger partial charge in [-0.2, -0.15) is 4.37 Å². The maximum absolute atomic E-state index is 5.15. The van der Waals surface area contributed by atoms with Gasteiger partial charge >= 0.3 is 0 Å². The molecule has 1 aromatic heterocycles. The lowest BCUT2D eigenvalue weighted by molar-refractivity contribution is 0.113. The molecule has 0 fully saturated rings. The second-order valence-electron chi connectivity index (χ2n) is 3.51. The highest BCUT2D eigenvalue weighted by Crippen LogP contribution is 2.17. The van der Waals surface area contributed by atoms with Crippen LogP contribution >= 0.6 is 11.5 Å². The van der Waals surface area contributed by atoms with Crippen LogP contribution in [-0.4, -0.2) is 36.1 Å². The molecular formula is C10H20N4OS. The van der Waals surface area contributed by atoms with E-state index in [1.54, 1.807) is 7.11 Å². The number of anilines is 1. The van der Waals surface area contributed by atoms with Crippen LogP contribution < -0.4 is 10.6 Å². The van der Waals surface area contributed by atoms with E-state index in [0.717, 1.165) is 37.0 Å².